The van der Waals surface area contributed by atoms with Gasteiger partial charge in [-0.15, -0.1) is 5.10 Å². The molecule has 0 bridgehead atoms. The molecule has 0 saturated heterocycles. The zero-order valence-corrected chi connectivity index (χ0v) is 12.1. The highest BCUT2D eigenvalue weighted by atomic mass is 16.5. The lowest BCUT2D eigenvalue weighted by Crippen LogP contribution is -2.29. The van der Waals surface area contributed by atoms with E-state index >= 15 is 0 Å². The molecule has 0 aliphatic rings. The molecule has 19 heavy (non-hydrogen) atoms. The third-order valence-corrected chi connectivity index (χ3v) is 2.91. The summed E-state index contributed by atoms with van der Waals surface area (Å²) in [4.78, 5) is 17.6. The fourth-order valence-corrected chi connectivity index (χ4v) is 1.77. The number of ether oxygens (including phenoxy) is 1. The third kappa shape index (κ3) is 5.38. The standard InChI is InChI=1S/C13H24N4O2/c1-4-6-8-16(9-7-5-2)11-17-10-14-12(15-17)13(18)19-3/h10H,4-9,11H2,1-3H3. The van der Waals surface area contributed by atoms with Gasteiger partial charge in [0.25, 0.3) is 5.82 Å². The van der Waals surface area contributed by atoms with Gasteiger partial charge in [-0.05, 0) is 25.9 Å². The number of rotatable bonds is 9. The largest absolute Gasteiger partial charge is 0.463 e. The van der Waals surface area contributed by atoms with Gasteiger partial charge in [0.15, 0.2) is 0 Å². The molecule has 1 aromatic heterocycles. The second-order valence-corrected chi connectivity index (χ2v) is 4.57. The highest BCUT2D eigenvalue weighted by Gasteiger charge is 2.12. The van der Waals surface area contributed by atoms with E-state index in [2.05, 4.69) is 33.6 Å². The monoisotopic (exact) mass is 268 g/mol. The SMILES string of the molecule is CCCCN(CCCC)Cn1cnc(C(=O)OC)n1. The van der Waals surface area contributed by atoms with Crippen LogP contribution in [0.25, 0.3) is 0 Å². The lowest BCUT2D eigenvalue weighted by atomic mass is 10.3. The molecular weight excluding hydrogens is 244 g/mol. The molecule has 108 valence electrons. The minimum atomic E-state index is -0.493. The third-order valence-electron chi connectivity index (χ3n) is 2.91. The molecule has 0 N–H and O–H groups in total. The number of carbonyl (C=O) groups excluding carboxylic acids is 1. The van der Waals surface area contributed by atoms with E-state index in [9.17, 15) is 4.79 Å². The second-order valence-electron chi connectivity index (χ2n) is 4.57. The smallest absolute Gasteiger partial charge is 0.377 e. The van der Waals surface area contributed by atoms with Gasteiger partial charge < -0.3 is 4.74 Å². The first-order chi connectivity index (χ1) is 9.21. The van der Waals surface area contributed by atoms with E-state index in [4.69, 9.17) is 0 Å². The van der Waals surface area contributed by atoms with Gasteiger partial charge in [-0.1, -0.05) is 26.7 Å². The van der Waals surface area contributed by atoms with Crippen molar-refractivity contribution in [3.05, 3.63) is 12.2 Å². The van der Waals surface area contributed by atoms with E-state index in [0.717, 1.165) is 13.1 Å². The molecular formula is C13H24N4O2. The van der Waals surface area contributed by atoms with Crippen LogP contribution in [0.2, 0.25) is 0 Å². The van der Waals surface area contributed by atoms with E-state index in [1.54, 1.807) is 11.0 Å². The first-order valence-electron chi connectivity index (χ1n) is 6.91. The Balaban J connectivity index is 2.56. The normalized spacial score (nSPS) is 10.9. The van der Waals surface area contributed by atoms with Crippen molar-refractivity contribution in [2.45, 2.75) is 46.2 Å². The lowest BCUT2D eigenvalue weighted by Gasteiger charge is -2.21. The maximum Gasteiger partial charge on any atom is 0.377 e. The van der Waals surface area contributed by atoms with Gasteiger partial charge >= 0.3 is 5.97 Å². The first-order valence-corrected chi connectivity index (χ1v) is 6.91. The van der Waals surface area contributed by atoms with E-state index in [1.807, 2.05) is 0 Å². The van der Waals surface area contributed by atoms with Gasteiger partial charge in [0, 0.05) is 0 Å². The topological polar surface area (TPSA) is 60.2 Å². The zero-order chi connectivity index (χ0) is 14.1. The van der Waals surface area contributed by atoms with Crippen molar-refractivity contribution in [3.63, 3.8) is 0 Å². The summed E-state index contributed by atoms with van der Waals surface area (Å²) >= 11 is 0. The quantitative estimate of drug-likeness (QED) is 0.640. The summed E-state index contributed by atoms with van der Waals surface area (Å²) in [5.41, 5.74) is 0. The van der Waals surface area contributed by atoms with Crippen molar-refractivity contribution >= 4 is 5.97 Å². The Morgan fingerprint density at radius 1 is 1.32 bits per heavy atom. The number of esters is 1. The molecule has 1 rings (SSSR count). The van der Waals surface area contributed by atoms with Crippen molar-refractivity contribution in [2.75, 3.05) is 20.2 Å². The maximum absolute atomic E-state index is 11.3. The first kappa shape index (κ1) is 15.6. The lowest BCUT2D eigenvalue weighted by molar-refractivity contribution is 0.0585. The molecule has 0 aliphatic heterocycles. The summed E-state index contributed by atoms with van der Waals surface area (Å²) < 4.78 is 6.29. The average molecular weight is 268 g/mol. The minimum Gasteiger partial charge on any atom is -0.463 e. The summed E-state index contributed by atoms with van der Waals surface area (Å²) in [5, 5.41) is 4.13. The van der Waals surface area contributed by atoms with Crippen molar-refractivity contribution < 1.29 is 9.53 Å². The average Bonchev–Trinajstić information content (AvgIpc) is 2.89. The Morgan fingerprint density at radius 3 is 2.47 bits per heavy atom. The molecule has 0 spiro atoms. The number of unbranched alkanes of at least 4 members (excludes halogenated alkanes) is 2. The fraction of sp³-hybridized carbons (Fsp3) is 0.769. The van der Waals surface area contributed by atoms with Gasteiger partial charge in [0.1, 0.15) is 6.33 Å². The molecule has 0 amide bonds. The van der Waals surface area contributed by atoms with Gasteiger partial charge in [-0.3, -0.25) is 4.90 Å². The van der Waals surface area contributed by atoms with Crippen LogP contribution in [0, 0.1) is 0 Å². The Morgan fingerprint density at radius 2 is 1.95 bits per heavy atom. The molecule has 0 aliphatic carbocycles. The van der Waals surface area contributed by atoms with E-state index in [1.165, 1.54) is 32.8 Å². The predicted molar refractivity (Wildman–Crippen MR) is 72.8 cm³/mol. The fourth-order valence-electron chi connectivity index (χ4n) is 1.77. The van der Waals surface area contributed by atoms with Crippen LogP contribution in [0.15, 0.2) is 6.33 Å². The number of hydrogen-bond acceptors (Lipinski definition) is 5. The maximum atomic E-state index is 11.3. The Hall–Kier alpha value is -1.43. The number of aromatic nitrogens is 3. The van der Waals surface area contributed by atoms with Crippen LogP contribution in [0.5, 0.6) is 0 Å². The van der Waals surface area contributed by atoms with Crippen molar-refractivity contribution in [3.8, 4) is 0 Å². The molecule has 6 nitrogen and oxygen atoms in total. The summed E-state index contributed by atoms with van der Waals surface area (Å²) in [6, 6.07) is 0. The van der Waals surface area contributed by atoms with Crippen LogP contribution < -0.4 is 0 Å². The molecule has 0 atom stereocenters. The number of methoxy groups -OCH3 is 1. The van der Waals surface area contributed by atoms with Gasteiger partial charge in [0.05, 0.1) is 13.8 Å². The molecule has 0 fully saturated rings. The highest BCUT2D eigenvalue weighted by molar-refractivity contribution is 5.84. The number of nitrogens with zero attached hydrogens (tertiary/aromatic N) is 4. The van der Waals surface area contributed by atoms with Gasteiger partial charge in [-0.2, -0.15) is 0 Å². The molecule has 0 radical (unpaired) electrons. The van der Waals surface area contributed by atoms with Crippen molar-refractivity contribution in [2.24, 2.45) is 0 Å². The molecule has 0 unspecified atom stereocenters. The highest BCUT2D eigenvalue weighted by Crippen LogP contribution is 2.02. The van der Waals surface area contributed by atoms with Crippen LogP contribution in [0.3, 0.4) is 0 Å². The minimum absolute atomic E-state index is 0.119. The summed E-state index contributed by atoms with van der Waals surface area (Å²) in [7, 11) is 1.33. The molecule has 6 heteroatoms. The second kappa shape index (κ2) is 8.63. The van der Waals surface area contributed by atoms with Crippen LogP contribution in [-0.2, 0) is 11.4 Å². The molecule has 1 heterocycles. The molecule has 1 aromatic rings. The van der Waals surface area contributed by atoms with E-state index < -0.39 is 5.97 Å². The van der Waals surface area contributed by atoms with Crippen LogP contribution in [0.1, 0.15) is 50.1 Å². The molecule has 0 aromatic carbocycles. The van der Waals surface area contributed by atoms with Crippen molar-refractivity contribution in [1.29, 1.82) is 0 Å². The Kier molecular flexibility index (Phi) is 7.10. The van der Waals surface area contributed by atoms with E-state index in [-0.39, 0.29) is 5.82 Å². The Bertz CT molecular complexity index is 370. The summed E-state index contributed by atoms with van der Waals surface area (Å²) in [6.07, 6.45) is 6.27. The van der Waals surface area contributed by atoms with Gasteiger partial charge in [-0.25, -0.2) is 14.5 Å². The van der Waals surface area contributed by atoms with Crippen molar-refractivity contribution in [1.82, 2.24) is 19.7 Å². The number of carbonyl (C=O) groups is 1. The van der Waals surface area contributed by atoms with Crippen LogP contribution >= 0.6 is 0 Å². The van der Waals surface area contributed by atoms with Crippen LogP contribution in [0.4, 0.5) is 0 Å². The van der Waals surface area contributed by atoms with E-state index in [0.29, 0.717) is 6.67 Å². The zero-order valence-electron chi connectivity index (χ0n) is 12.1. The summed E-state index contributed by atoms with van der Waals surface area (Å²) in [6.45, 7) is 7.13. The van der Waals surface area contributed by atoms with Crippen LogP contribution in [-0.4, -0.2) is 45.8 Å². The summed E-state index contributed by atoms with van der Waals surface area (Å²) in [5.74, 6) is -0.374. The number of hydrogen-bond donors (Lipinski definition) is 0. The Labute approximate surface area is 114 Å². The van der Waals surface area contributed by atoms with Gasteiger partial charge in [0.2, 0.25) is 0 Å². The predicted octanol–water partition coefficient (Wildman–Crippen LogP) is 1.92. The molecule has 0 saturated carbocycles.